The number of hydrogen-bond donors (Lipinski definition) is 2. The molecule has 0 aliphatic rings. The molecule has 3 aromatic rings. The molecule has 9 heteroatoms. The fourth-order valence-electron chi connectivity index (χ4n) is 2.31. The van der Waals surface area contributed by atoms with Crippen LogP contribution in [0.25, 0.3) is 0 Å². The Hall–Kier alpha value is -3.65. The normalized spacial score (nSPS) is 10.7. The van der Waals surface area contributed by atoms with Gasteiger partial charge in [0.15, 0.2) is 0 Å². The molecule has 0 bridgehead atoms. The van der Waals surface area contributed by atoms with Crippen LogP contribution >= 0.6 is 11.6 Å². The number of amides is 3. The highest BCUT2D eigenvalue weighted by Crippen LogP contribution is 2.22. The van der Waals surface area contributed by atoms with Crippen LogP contribution in [-0.4, -0.2) is 11.9 Å². The number of imide groups is 1. The Labute approximate surface area is 169 Å². The molecular weight excluding hydrogens is 402 g/mol. The van der Waals surface area contributed by atoms with Crippen molar-refractivity contribution in [2.45, 2.75) is 0 Å². The lowest BCUT2D eigenvalue weighted by Crippen LogP contribution is -2.35. The summed E-state index contributed by atoms with van der Waals surface area (Å²) in [7, 11) is 0. The van der Waals surface area contributed by atoms with Gasteiger partial charge in [-0.25, -0.2) is 13.6 Å². The number of hydrogen-bond acceptors (Lipinski definition) is 4. The first-order valence-electron chi connectivity index (χ1n) is 8.26. The van der Waals surface area contributed by atoms with Crippen LogP contribution < -0.4 is 10.6 Å². The Bertz CT molecular complexity index is 1070. The van der Waals surface area contributed by atoms with Gasteiger partial charge in [-0.05, 0) is 54.6 Å². The van der Waals surface area contributed by atoms with Gasteiger partial charge in [-0.15, -0.1) is 0 Å². The van der Waals surface area contributed by atoms with E-state index in [0.29, 0.717) is 22.1 Å². The van der Waals surface area contributed by atoms with Gasteiger partial charge in [-0.3, -0.25) is 10.1 Å². The van der Waals surface area contributed by atoms with Gasteiger partial charge in [0.2, 0.25) is 0 Å². The van der Waals surface area contributed by atoms with Gasteiger partial charge in [-0.1, -0.05) is 23.7 Å². The summed E-state index contributed by atoms with van der Waals surface area (Å²) >= 11 is 5.87. The maximum absolute atomic E-state index is 13.6. The second-order valence-corrected chi connectivity index (χ2v) is 6.17. The molecule has 0 saturated carbocycles. The van der Waals surface area contributed by atoms with E-state index >= 15 is 0 Å². The van der Waals surface area contributed by atoms with Gasteiger partial charge < -0.3 is 5.32 Å². The highest BCUT2D eigenvalue weighted by Gasteiger charge is 2.19. The van der Waals surface area contributed by atoms with Crippen LogP contribution in [0.2, 0.25) is 5.02 Å². The molecular formula is C20H13ClF2N4O2. The van der Waals surface area contributed by atoms with Crippen LogP contribution in [0.4, 0.5) is 30.6 Å². The van der Waals surface area contributed by atoms with Crippen LogP contribution in [0.1, 0.15) is 10.4 Å². The standard InChI is InChI=1S/C20H13ClF2N4O2/c21-12-3-1-4-15(11-12)27-26-14-9-7-13(8-10-14)24-20(29)25-19(28)18-16(22)5-2-6-17(18)23/h1-11H,(H2,24,25,28,29). The van der Waals surface area contributed by atoms with Crippen LogP contribution in [0.3, 0.4) is 0 Å². The van der Waals surface area contributed by atoms with E-state index in [0.717, 1.165) is 18.2 Å². The smallest absolute Gasteiger partial charge is 0.308 e. The summed E-state index contributed by atoms with van der Waals surface area (Å²) in [5.41, 5.74) is 0.601. The fraction of sp³-hybridized carbons (Fsp3) is 0. The SMILES string of the molecule is O=C(NC(=O)c1c(F)cccc1F)Nc1ccc(N=Nc2cccc(Cl)c2)cc1. The van der Waals surface area contributed by atoms with E-state index < -0.39 is 29.1 Å². The number of carbonyl (C=O) groups is 2. The molecule has 3 amide bonds. The average Bonchev–Trinajstić information content (AvgIpc) is 2.67. The number of nitrogens with zero attached hydrogens (tertiary/aromatic N) is 2. The molecule has 0 radical (unpaired) electrons. The van der Waals surface area contributed by atoms with Gasteiger partial charge in [0.05, 0.1) is 11.4 Å². The van der Waals surface area contributed by atoms with Gasteiger partial charge in [-0.2, -0.15) is 10.2 Å². The Morgan fingerprint density at radius 1 is 0.828 bits per heavy atom. The van der Waals surface area contributed by atoms with Crippen molar-refractivity contribution >= 4 is 40.6 Å². The Balaban J connectivity index is 1.60. The summed E-state index contributed by atoms with van der Waals surface area (Å²) in [6.07, 6.45) is 0. The lowest BCUT2D eigenvalue weighted by Gasteiger charge is -2.08. The highest BCUT2D eigenvalue weighted by molar-refractivity contribution is 6.30. The molecule has 146 valence electrons. The molecule has 2 N–H and O–H groups in total. The molecule has 0 unspecified atom stereocenters. The number of urea groups is 1. The molecule has 0 spiro atoms. The van der Waals surface area contributed by atoms with Crippen molar-refractivity contribution in [3.63, 3.8) is 0 Å². The summed E-state index contributed by atoms with van der Waals surface area (Å²) < 4.78 is 27.2. The van der Waals surface area contributed by atoms with Gasteiger partial charge in [0.25, 0.3) is 5.91 Å². The zero-order chi connectivity index (χ0) is 20.8. The van der Waals surface area contributed by atoms with Crippen molar-refractivity contribution in [2.24, 2.45) is 10.2 Å². The Kier molecular flexibility index (Phi) is 6.25. The van der Waals surface area contributed by atoms with Gasteiger partial charge >= 0.3 is 6.03 Å². The molecule has 0 aliphatic heterocycles. The molecule has 0 aliphatic carbocycles. The zero-order valence-corrected chi connectivity index (χ0v) is 15.5. The number of azo groups is 1. The monoisotopic (exact) mass is 414 g/mol. The first kappa shape index (κ1) is 20.1. The molecule has 6 nitrogen and oxygen atoms in total. The average molecular weight is 415 g/mol. The third kappa shape index (κ3) is 5.43. The third-order valence-electron chi connectivity index (χ3n) is 3.63. The summed E-state index contributed by atoms with van der Waals surface area (Å²) in [6.45, 7) is 0. The predicted octanol–water partition coefficient (Wildman–Crippen LogP) is 6.00. The summed E-state index contributed by atoms with van der Waals surface area (Å²) in [4.78, 5) is 23.8. The maximum atomic E-state index is 13.6. The number of rotatable bonds is 4. The van der Waals surface area contributed by atoms with Crippen LogP contribution in [0.15, 0.2) is 77.0 Å². The van der Waals surface area contributed by atoms with E-state index in [1.165, 1.54) is 12.1 Å². The maximum Gasteiger partial charge on any atom is 0.326 e. The molecule has 0 heterocycles. The number of carbonyl (C=O) groups excluding carboxylic acids is 2. The zero-order valence-electron chi connectivity index (χ0n) is 14.7. The van der Waals surface area contributed by atoms with E-state index in [1.807, 2.05) is 5.32 Å². The van der Waals surface area contributed by atoms with Crippen molar-refractivity contribution in [3.05, 3.63) is 89.0 Å². The van der Waals surface area contributed by atoms with Gasteiger partial charge in [0, 0.05) is 10.7 Å². The predicted molar refractivity (Wildman–Crippen MR) is 105 cm³/mol. The molecule has 0 saturated heterocycles. The minimum atomic E-state index is -1.19. The van der Waals surface area contributed by atoms with E-state index in [9.17, 15) is 18.4 Å². The lowest BCUT2D eigenvalue weighted by atomic mass is 10.2. The summed E-state index contributed by atoms with van der Waals surface area (Å²) in [6, 6.07) is 15.1. The molecule has 3 rings (SSSR count). The number of anilines is 1. The molecule has 0 aromatic heterocycles. The van der Waals surface area contributed by atoms with Crippen LogP contribution in [0.5, 0.6) is 0 Å². The number of halogens is 3. The highest BCUT2D eigenvalue weighted by atomic mass is 35.5. The van der Waals surface area contributed by atoms with Crippen LogP contribution in [0, 0.1) is 11.6 Å². The number of benzene rings is 3. The third-order valence-corrected chi connectivity index (χ3v) is 3.87. The van der Waals surface area contributed by atoms with E-state index in [2.05, 4.69) is 15.5 Å². The second kappa shape index (κ2) is 9.03. The molecule has 3 aromatic carbocycles. The van der Waals surface area contributed by atoms with Crippen molar-refractivity contribution < 1.29 is 18.4 Å². The lowest BCUT2D eigenvalue weighted by molar-refractivity contribution is 0.0959. The Morgan fingerprint density at radius 2 is 1.45 bits per heavy atom. The van der Waals surface area contributed by atoms with Gasteiger partial charge in [0.1, 0.15) is 17.2 Å². The van der Waals surface area contributed by atoms with Crippen molar-refractivity contribution in [3.8, 4) is 0 Å². The van der Waals surface area contributed by atoms with Crippen molar-refractivity contribution in [1.29, 1.82) is 0 Å². The largest absolute Gasteiger partial charge is 0.326 e. The van der Waals surface area contributed by atoms with Crippen molar-refractivity contribution in [2.75, 3.05) is 5.32 Å². The topological polar surface area (TPSA) is 82.9 Å². The summed E-state index contributed by atoms with van der Waals surface area (Å²) in [5.74, 6) is -3.32. The Morgan fingerprint density at radius 3 is 2.10 bits per heavy atom. The number of nitrogens with one attached hydrogen (secondary N) is 2. The molecule has 29 heavy (non-hydrogen) atoms. The minimum absolute atomic E-state index is 0.339. The first-order chi connectivity index (χ1) is 13.9. The van der Waals surface area contributed by atoms with E-state index in [4.69, 9.17) is 11.6 Å². The minimum Gasteiger partial charge on any atom is -0.308 e. The van der Waals surface area contributed by atoms with Crippen LogP contribution in [-0.2, 0) is 0 Å². The fourth-order valence-corrected chi connectivity index (χ4v) is 2.49. The molecule has 0 atom stereocenters. The quantitative estimate of drug-likeness (QED) is 0.513. The summed E-state index contributed by atoms with van der Waals surface area (Å²) in [5, 5.41) is 12.9. The van der Waals surface area contributed by atoms with E-state index in [1.54, 1.807) is 36.4 Å². The second-order valence-electron chi connectivity index (χ2n) is 5.73. The first-order valence-corrected chi connectivity index (χ1v) is 8.64. The van der Waals surface area contributed by atoms with Crippen molar-refractivity contribution in [1.82, 2.24) is 5.32 Å². The van der Waals surface area contributed by atoms with E-state index in [-0.39, 0.29) is 0 Å². The molecule has 0 fully saturated rings.